The van der Waals surface area contributed by atoms with Crippen molar-refractivity contribution in [2.75, 3.05) is 14.2 Å². The van der Waals surface area contributed by atoms with Gasteiger partial charge in [-0.15, -0.1) is 5.10 Å². The molecule has 0 unspecified atom stereocenters. The topological polar surface area (TPSA) is 118 Å². The van der Waals surface area contributed by atoms with Crippen LogP contribution in [0.5, 0.6) is 17.2 Å². The molecule has 30 heavy (non-hydrogen) atoms. The number of H-pyrrole nitrogens is 1. The number of carbonyl (C=O) groups is 1. The van der Waals surface area contributed by atoms with Gasteiger partial charge in [0.15, 0.2) is 5.82 Å². The number of phenolic OH excluding ortho intramolecular Hbond substituents is 1. The summed E-state index contributed by atoms with van der Waals surface area (Å²) in [5.74, 6) is 0.224. The number of phenols is 1. The van der Waals surface area contributed by atoms with Gasteiger partial charge in [-0.25, -0.2) is 9.78 Å². The predicted octanol–water partition coefficient (Wildman–Crippen LogP) is 4.83. The number of aromatic amines is 1. The Morgan fingerprint density at radius 1 is 1.20 bits per heavy atom. The summed E-state index contributed by atoms with van der Waals surface area (Å²) in [4.78, 5) is 16.0. The lowest BCUT2D eigenvalue weighted by Crippen LogP contribution is -1.97. The fourth-order valence-corrected chi connectivity index (χ4v) is 3.97. The maximum Gasteiger partial charge on any atom is 0.342 e. The van der Waals surface area contributed by atoms with Gasteiger partial charge < -0.3 is 19.7 Å². The summed E-state index contributed by atoms with van der Waals surface area (Å²) in [5.41, 5.74) is 0.899. The number of ether oxygens (including phenoxy) is 2. The van der Waals surface area contributed by atoms with E-state index < -0.39 is 5.97 Å². The first-order valence-electron chi connectivity index (χ1n) is 8.27. The molecule has 8 nitrogen and oxygen atoms in total. The molecule has 0 saturated carbocycles. The van der Waals surface area contributed by atoms with Gasteiger partial charge in [-0.2, -0.15) is 0 Å². The number of aromatic hydroxyl groups is 1. The highest BCUT2D eigenvalue weighted by molar-refractivity contribution is 9.10. The summed E-state index contributed by atoms with van der Waals surface area (Å²) in [6.45, 7) is 0. The highest BCUT2D eigenvalue weighted by Gasteiger charge is 2.17. The zero-order valence-electron chi connectivity index (χ0n) is 15.6. The first-order chi connectivity index (χ1) is 14.3. The molecule has 1 aromatic heterocycles. The molecule has 0 bridgehead atoms. The summed E-state index contributed by atoms with van der Waals surface area (Å²) in [5, 5.41) is 27.1. The van der Waals surface area contributed by atoms with Crippen molar-refractivity contribution in [3.63, 3.8) is 0 Å². The Hall–Kier alpha value is -2.69. The maximum absolute atomic E-state index is 11.7. The second-order valence-corrected chi connectivity index (χ2v) is 8.11. The van der Waals surface area contributed by atoms with Crippen molar-refractivity contribution in [1.82, 2.24) is 15.2 Å². The lowest BCUT2D eigenvalue weighted by molar-refractivity contribution is -0.131. The Kier molecular flexibility index (Phi) is 6.91. The third-order valence-corrected chi connectivity index (χ3v) is 5.55. The van der Waals surface area contributed by atoms with Crippen LogP contribution in [0.15, 0.2) is 44.9 Å². The lowest BCUT2D eigenvalue weighted by atomic mass is 10.2. The van der Waals surface area contributed by atoms with Crippen molar-refractivity contribution in [3.8, 4) is 28.6 Å². The minimum absolute atomic E-state index is 0.103. The monoisotopic (exact) mass is 511 g/mol. The van der Waals surface area contributed by atoms with Crippen molar-refractivity contribution in [1.29, 1.82) is 0 Å². The standard InChI is InChI=1S/C19H15BrClN3O5S/c1-28-12-4-10(5-13(8-12)29-2)17-22-19(24-23-17)30-15(18(26)27)6-9-3-11(21)7-14(20)16(9)25/h3-8,25H,1-2H3,(H,26,27)(H,22,23,24)/b15-6-. The van der Waals surface area contributed by atoms with Gasteiger partial charge in [0.05, 0.1) is 18.7 Å². The largest absolute Gasteiger partial charge is 0.506 e. The second kappa shape index (κ2) is 9.41. The normalized spacial score (nSPS) is 11.4. The van der Waals surface area contributed by atoms with Gasteiger partial charge >= 0.3 is 5.97 Å². The molecule has 0 radical (unpaired) electrons. The maximum atomic E-state index is 11.7. The highest BCUT2D eigenvalue weighted by atomic mass is 79.9. The van der Waals surface area contributed by atoms with Gasteiger partial charge in [0.2, 0.25) is 5.16 Å². The molecule has 156 valence electrons. The molecule has 11 heteroatoms. The van der Waals surface area contributed by atoms with Gasteiger partial charge in [0.1, 0.15) is 22.2 Å². The zero-order chi connectivity index (χ0) is 21.8. The molecule has 0 saturated heterocycles. The van der Waals surface area contributed by atoms with Gasteiger partial charge in [-0.1, -0.05) is 11.6 Å². The highest BCUT2D eigenvalue weighted by Crippen LogP contribution is 2.36. The van der Waals surface area contributed by atoms with Crippen molar-refractivity contribution in [2.24, 2.45) is 0 Å². The van der Waals surface area contributed by atoms with E-state index in [0.29, 0.717) is 32.4 Å². The third-order valence-electron chi connectivity index (χ3n) is 3.85. The van der Waals surface area contributed by atoms with E-state index in [1.54, 1.807) is 18.2 Å². The molecule has 0 aliphatic heterocycles. The molecule has 3 N–H and O–H groups in total. The zero-order valence-corrected chi connectivity index (χ0v) is 18.8. The Labute approximate surface area is 189 Å². The average Bonchev–Trinajstić information content (AvgIpc) is 3.19. The van der Waals surface area contributed by atoms with Crippen molar-refractivity contribution >= 4 is 51.3 Å². The third kappa shape index (κ3) is 5.07. The Morgan fingerprint density at radius 2 is 1.87 bits per heavy atom. The number of nitrogens with zero attached hydrogens (tertiary/aromatic N) is 2. The molecule has 3 aromatic rings. The van der Waals surface area contributed by atoms with Crippen LogP contribution < -0.4 is 9.47 Å². The number of thioether (sulfide) groups is 1. The first-order valence-corrected chi connectivity index (χ1v) is 10.3. The van der Waals surface area contributed by atoms with E-state index in [1.807, 2.05) is 0 Å². The van der Waals surface area contributed by atoms with E-state index >= 15 is 0 Å². The number of aliphatic carboxylic acids is 1. The van der Waals surface area contributed by atoms with Gasteiger partial charge in [0.25, 0.3) is 0 Å². The van der Waals surface area contributed by atoms with Gasteiger partial charge in [0, 0.05) is 22.2 Å². The van der Waals surface area contributed by atoms with Crippen molar-refractivity contribution in [2.45, 2.75) is 5.16 Å². The van der Waals surface area contributed by atoms with Gasteiger partial charge in [-0.3, -0.25) is 5.10 Å². The van der Waals surface area contributed by atoms with Crippen LogP contribution in [-0.4, -0.2) is 45.6 Å². The Morgan fingerprint density at radius 3 is 2.47 bits per heavy atom. The number of benzene rings is 2. The number of aromatic nitrogens is 3. The van der Waals surface area contributed by atoms with E-state index in [4.69, 9.17) is 21.1 Å². The van der Waals surface area contributed by atoms with Crippen LogP contribution in [0.3, 0.4) is 0 Å². The van der Waals surface area contributed by atoms with Crippen LogP contribution in [0.2, 0.25) is 5.02 Å². The minimum atomic E-state index is -1.20. The van der Waals surface area contributed by atoms with Crippen LogP contribution in [0, 0.1) is 0 Å². The summed E-state index contributed by atoms with van der Waals surface area (Å²) in [7, 11) is 3.07. The van der Waals surface area contributed by atoms with E-state index in [0.717, 1.165) is 11.8 Å². The molecule has 0 atom stereocenters. The summed E-state index contributed by atoms with van der Waals surface area (Å²) in [6, 6.07) is 8.17. The number of carboxylic acid groups (broad SMARTS) is 1. The SMILES string of the molecule is COc1cc(OC)cc(-c2nc(S/C(=C\c3cc(Cl)cc(Br)c3O)C(=O)O)n[nH]2)c1. The molecule has 1 heterocycles. The number of methoxy groups -OCH3 is 2. The molecular weight excluding hydrogens is 498 g/mol. The summed E-state index contributed by atoms with van der Waals surface area (Å²) >= 11 is 9.99. The van der Waals surface area contributed by atoms with E-state index in [1.165, 1.54) is 32.4 Å². The molecule has 0 aliphatic carbocycles. The quantitative estimate of drug-likeness (QED) is 0.304. The fourth-order valence-electron chi connectivity index (χ4n) is 2.44. The summed E-state index contributed by atoms with van der Waals surface area (Å²) in [6.07, 6.45) is 1.30. The van der Waals surface area contributed by atoms with Crippen LogP contribution in [0.4, 0.5) is 0 Å². The van der Waals surface area contributed by atoms with E-state index in [2.05, 4.69) is 31.1 Å². The number of nitrogens with one attached hydrogen (secondary N) is 1. The average molecular weight is 513 g/mol. The molecule has 0 amide bonds. The Balaban J connectivity index is 1.92. The van der Waals surface area contributed by atoms with Crippen LogP contribution >= 0.6 is 39.3 Å². The van der Waals surface area contributed by atoms with Crippen molar-refractivity contribution < 1.29 is 24.5 Å². The predicted molar refractivity (Wildman–Crippen MR) is 117 cm³/mol. The van der Waals surface area contributed by atoms with Crippen LogP contribution in [-0.2, 0) is 4.79 Å². The molecule has 3 rings (SSSR count). The van der Waals surface area contributed by atoms with Crippen molar-refractivity contribution in [3.05, 3.63) is 50.3 Å². The molecule has 0 aliphatic rings. The van der Waals surface area contributed by atoms with E-state index in [-0.39, 0.29) is 21.4 Å². The molecule has 0 fully saturated rings. The minimum Gasteiger partial charge on any atom is -0.506 e. The molecular formula is C19H15BrClN3O5S. The van der Waals surface area contributed by atoms with Gasteiger partial charge in [-0.05, 0) is 58.0 Å². The number of halogens is 2. The molecule has 0 spiro atoms. The van der Waals surface area contributed by atoms with Crippen LogP contribution in [0.1, 0.15) is 5.56 Å². The second-order valence-electron chi connectivity index (χ2n) is 5.81. The molecule has 2 aromatic carbocycles. The van der Waals surface area contributed by atoms with E-state index in [9.17, 15) is 15.0 Å². The first kappa shape index (κ1) is 22.0. The Bertz CT molecular complexity index is 1110. The number of hydrogen-bond acceptors (Lipinski definition) is 7. The number of rotatable bonds is 7. The van der Waals surface area contributed by atoms with Crippen LogP contribution in [0.25, 0.3) is 17.5 Å². The summed E-state index contributed by atoms with van der Waals surface area (Å²) < 4.78 is 10.8. The number of hydrogen-bond donors (Lipinski definition) is 3. The fraction of sp³-hybridized carbons (Fsp3) is 0.105. The lowest BCUT2D eigenvalue weighted by Gasteiger charge is -2.06. The smallest absolute Gasteiger partial charge is 0.342 e. The number of carboxylic acids is 1.